The molecule has 0 aromatic heterocycles. The molecule has 114 valence electrons. The van der Waals surface area contributed by atoms with Gasteiger partial charge in [0.05, 0.1) is 7.11 Å². The first-order valence-corrected chi connectivity index (χ1v) is 7.32. The minimum Gasteiger partial charge on any atom is -0.497 e. The quantitative estimate of drug-likeness (QED) is 0.874. The van der Waals surface area contributed by atoms with Crippen LogP contribution >= 0.6 is 0 Å². The summed E-state index contributed by atoms with van der Waals surface area (Å²) in [6.45, 7) is 4.26. The number of nitrogens with one attached hydrogen (secondary N) is 1. The van der Waals surface area contributed by atoms with E-state index in [-0.39, 0.29) is 5.91 Å². The van der Waals surface area contributed by atoms with Crippen molar-refractivity contribution < 1.29 is 9.53 Å². The maximum Gasteiger partial charge on any atom is 0.255 e. The van der Waals surface area contributed by atoms with Crippen LogP contribution in [0.1, 0.15) is 29.8 Å². The molecule has 2 aromatic rings. The Morgan fingerprint density at radius 1 is 1.14 bits per heavy atom. The van der Waals surface area contributed by atoms with Crippen molar-refractivity contribution in [1.29, 1.82) is 0 Å². The van der Waals surface area contributed by atoms with Crippen LogP contribution in [0.4, 0.5) is 5.69 Å². The maximum absolute atomic E-state index is 12.2. The lowest BCUT2D eigenvalue weighted by Crippen LogP contribution is -2.11. The maximum atomic E-state index is 12.2. The molecule has 0 spiro atoms. The van der Waals surface area contributed by atoms with Crippen LogP contribution in [0.25, 0.3) is 6.08 Å². The van der Waals surface area contributed by atoms with E-state index in [9.17, 15) is 4.79 Å². The SMILES string of the molecule is COc1cccc(NC(=O)c2ccc(C=CC(C)C)cc2)c1. The third-order valence-corrected chi connectivity index (χ3v) is 3.17. The van der Waals surface area contributed by atoms with Gasteiger partial charge in [0.2, 0.25) is 0 Å². The number of ether oxygens (including phenoxy) is 1. The molecule has 0 unspecified atom stereocenters. The number of carbonyl (C=O) groups excluding carboxylic acids is 1. The number of carbonyl (C=O) groups is 1. The van der Waals surface area contributed by atoms with Crippen molar-refractivity contribution in [2.45, 2.75) is 13.8 Å². The summed E-state index contributed by atoms with van der Waals surface area (Å²) in [6.07, 6.45) is 4.19. The van der Waals surface area contributed by atoms with E-state index in [1.165, 1.54) is 0 Å². The summed E-state index contributed by atoms with van der Waals surface area (Å²) in [7, 11) is 1.60. The lowest BCUT2D eigenvalue weighted by molar-refractivity contribution is 0.102. The third kappa shape index (κ3) is 4.48. The van der Waals surface area contributed by atoms with Crippen LogP contribution in [0.2, 0.25) is 0 Å². The zero-order chi connectivity index (χ0) is 15.9. The van der Waals surface area contributed by atoms with E-state index < -0.39 is 0 Å². The Morgan fingerprint density at radius 3 is 2.50 bits per heavy atom. The number of rotatable bonds is 5. The first-order chi connectivity index (χ1) is 10.6. The Morgan fingerprint density at radius 2 is 1.86 bits per heavy atom. The Bertz CT molecular complexity index is 657. The van der Waals surface area contributed by atoms with Gasteiger partial charge in [-0.05, 0) is 35.7 Å². The molecule has 0 aliphatic carbocycles. The number of allylic oxidation sites excluding steroid dienone is 1. The molecule has 1 amide bonds. The Hall–Kier alpha value is -2.55. The fraction of sp³-hybridized carbons (Fsp3) is 0.211. The molecule has 0 aliphatic rings. The minimum absolute atomic E-state index is 0.132. The number of benzene rings is 2. The van der Waals surface area contributed by atoms with Crippen molar-refractivity contribution in [3.8, 4) is 5.75 Å². The standard InChI is InChI=1S/C19H21NO2/c1-14(2)7-8-15-9-11-16(12-10-15)19(21)20-17-5-4-6-18(13-17)22-3/h4-14H,1-3H3,(H,20,21). The van der Waals surface area contributed by atoms with Crippen molar-refractivity contribution >= 4 is 17.7 Å². The predicted octanol–water partition coefficient (Wildman–Crippen LogP) is 4.62. The van der Waals surface area contributed by atoms with Crippen molar-refractivity contribution in [3.63, 3.8) is 0 Å². The molecule has 0 atom stereocenters. The Balaban J connectivity index is 2.06. The lowest BCUT2D eigenvalue weighted by atomic mass is 10.1. The van der Waals surface area contributed by atoms with Gasteiger partial charge in [0.1, 0.15) is 5.75 Å². The highest BCUT2D eigenvalue weighted by atomic mass is 16.5. The second-order valence-corrected chi connectivity index (χ2v) is 5.41. The van der Waals surface area contributed by atoms with Gasteiger partial charge in [0.25, 0.3) is 5.91 Å². The van der Waals surface area contributed by atoms with Crippen LogP contribution in [0, 0.1) is 5.92 Å². The van der Waals surface area contributed by atoms with Crippen molar-refractivity contribution in [2.75, 3.05) is 12.4 Å². The Labute approximate surface area is 131 Å². The summed E-state index contributed by atoms with van der Waals surface area (Å²) in [5, 5.41) is 2.87. The van der Waals surface area contributed by atoms with E-state index in [0.29, 0.717) is 22.9 Å². The lowest BCUT2D eigenvalue weighted by Gasteiger charge is -2.07. The number of hydrogen-bond donors (Lipinski definition) is 1. The topological polar surface area (TPSA) is 38.3 Å². The number of hydrogen-bond acceptors (Lipinski definition) is 2. The van der Waals surface area contributed by atoms with Crippen LogP contribution in [0.3, 0.4) is 0 Å². The van der Waals surface area contributed by atoms with E-state index >= 15 is 0 Å². The molecule has 0 aliphatic heterocycles. The molecule has 0 bridgehead atoms. The third-order valence-electron chi connectivity index (χ3n) is 3.17. The van der Waals surface area contributed by atoms with E-state index in [0.717, 1.165) is 5.56 Å². The van der Waals surface area contributed by atoms with Gasteiger partial charge in [0.15, 0.2) is 0 Å². The van der Waals surface area contributed by atoms with Crippen molar-refractivity contribution in [1.82, 2.24) is 0 Å². The fourth-order valence-electron chi connectivity index (χ4n) is 1.95. The summed E-state index contributed by atoms with van der Waals surface area (Å²) >= 11 is 0. The highest BCUT2D eigenvalue weighted by molar-refractivity contribution is 6.04. The monoisotopic (exact) mass is 295 g/mol. The van der Waals surface area contributed by atoms with E-state index in [2.05, 4.69) is 31.3 Å². The summed E-state index contributed by atoms with van der Waals surface area (Å²) in [5.41, 5.74) is 2.43. The largest absolute Gasteiger partial charge is 0.497 e. The molecule has 2 aromatic carbocycles. The molecule has 0 saturated heterocycles. The molecule has 0 saturated carbocycles. The highest BCUT2D eigenvalue weighted by Crippen LogP contribution is 2.18. The zero-order valence-corrected chi connectivity index (χ0v) is 13.2. The number of anilines is 1. The van der Waals surface area contributed by atoms with Gasteiger partial charge in [-0.1, -0.05) is 44.2 Å². The molecule has 0 fully saturated rings. The van der Waals surface area contributed by atoms with Crippen LogP contribution in [-0.2, 0) is 0 Å². The first kappa shape index (κ1) is 15.8. The molecule has 1 N–H and O–H groups in total. The Kier molecular flexibility index (Phi) is 5.37. The second-order valence-electron chi connectivity index (χ2n) is 5.41. The smallest absolute Gasteiger partial charge is 0.255 e. The zero-order valence-electron chi connectivity index (χ0n) is 13.2. The summed E-state index contributed by atoms with van der Waals surface area (Å²) < 4.78 is 5.15. The normalized spacial score (nSPS) is 10.9. The van der Waals surface area contributed by atoms with Crippen molar-refractivity contribution in [2.24, 2.45) is 5.92 Å². The van der Waals surface area contributed by atoms with Crippen molar-refractivity contribution in [3.05, 3.63) is 65.7 Å². The molecule has 22 heavy (non-hydrogen) atoms. The van der Waals surface area contributed by atoms with Gasteiger partial charge >= 0.3 is 0 Å². The predicted molar refractivity (Wildman–Crippen MR) is 91.3 cm³/mol. The first-order valence-electron chi connectivity index (χ1n) is 7.32. The summed E-state index contributed by atoms with van der Waals surface area (Å²) in [4.78, 5) is 12.2. The molecular weight excluding hydrogens is 274 g/mol. The highest BCUT2D eigenvalue weighted by Gasteiger charge is 2.06. The molecule has 3 heteroatoms. The second kappa shape index (κ2) is 7.46. The molecule has 2 rings (SSSR count). The average Bonchev–Trinajstić information content (AvgIpc) is 2.53. The van der Waals surface area contributed by atoms with E-state index in [4.69, 9.17) is 4.74 Å². The van der Waals surface area contributed by atoms with Gasteiger partial charge in [-0.15, -0.1) is 0 Å². The molecular formula is C19H21NO2. The minimum atomic E-state index is -0.132. The number of amides is 1. The van der Waals surface area contributed by atoms with E-state index in [1.54, 1.807) is 13.2 Å². The van der Waals surface area contributed by atoms with Crippen LogP contribution in [-0.4, -0.2) is 13.0 Å². The number of methoxy groups -OCH3 is 1. The molecule has 0 radical (unpaired) electrons. The average molecular weight is 295 g/mol. The fourth-order valence-corrected chi connectivity index (χ4v) is 1.95. The van der Waals surface area contributed by atoms with Gasteiger partial charge in [0, 0.05) is 17.3 Å². The van der Waals surface area contributed by atoms with Gasteiger partial charge in [-0.25, -0.2) is 0 Å². The summed E-state index contributed by atoms with van der Waals surface area (Å²) in [5.74, 6) is 1.09. The van der Waals surface area contributed by atoms with Crippen LogP contribution < -0.4 is 10.1 Å². The molecule has 3 nitrogen and oxygen atoms in total. The summed E-state index contributed by atoms with van der Waals surface area (Å²) in [6, 6.07) is 14.8. The van der Waals surface area contributed by atoms with Gasteiger partial charge < -0.3 is 10.1 Å². The van der Waals surface area contributed by atoms with Gasteiger partial charge in [-0.3, -0.25) is 4.79 Å². The van der Waals surface area contributed by atoms with Gasteiger partial charge in [-0.2, -0.15) is 0 Å². The van der Waals surface area contributed by atoms with Crippen LogP contribution in [0.15, 0.2) is 54.6 Å². The van der Waals surface area contributed by atoms with E-state index in [1.807, 2.05) is 42.5 Å². The molecule has 0 heterocycles. The van der Waals surface area contributed by atoms with Crippen LogP contribution in [0.5, 0.6) is 5.75 Å².